The molecular weight excluding hydrogens is 462 g/mol. The van der Waals surface area contributed by atoms with Crippen molar-refractivity contribution in [1.29, 1.82) is 5.41 Å². The van der Waals surface area contributed by atoms with Crippen molar-refractivity contribution in [3.05, 3.63) is 59.6 Å². The lowest BCUT2D eigenvalue weighted by atomic mass is 9.97. The van der Waals surface area contributed by atoms with Crippen LogP contribution in [-0.4, -0.2) is 45.2 Å². The predicted octanol–water partition coefficient (Wildman–Crippen LogP) is 3.91. The van der Waals surface area contributed by atoms with Crippen LogP contribution in [0.4, 0.5) is 10.5 Å². The van der Waals surface area contributed by atoms with Gasteiger partial charge in [-0.1, -0.05) is 17.3 Å². The Kier molecular flexibility index (Phi) is 5.91. The van der Waals surface area contributed by atoms with E-state index in [9.17, 15) is 4.79 Å². The highest BCUT2D eigenvalue weighted by Gasteiger charge is 2.36. The van der Waals surface area contributed by atoms with Crippen LogP contribution in [0, 0.1) is 11.3 Å². The third-order valence-electron chi connectivity index (χ3n) is 6.76. The third-order valence-corrected chi connectivity index (χ3v) is 7.38. The number of nitrogens with zero attached hydrogens (tertiary/aromatic N) is 3. The molecule has 1 saturated carbocycles. The van der Waals surface area contributed by atoms with Crippen LogP contribution in [0.3, 0.4) is 0 Å². The maximum absolute atomic E-state index is 12.9. The van der Waals surface area contributed by atoms with Crippen molar-refractivity contribution in [1.82, 2.24) is 24.9 Å². The molecule has 35 heavy (non-hydrogen) atoms. The molecule has 0 bridgehead atoms. The molecule has 180 valence electrons. The van der Waals surface area contributed by atoms with Crippen LogP contribution in [0.2, 0.25) is 0 Å². The summed E-state index contributed by atoms with van der Waals surface area (Å²) in [6.07, 6.45) is 10.7. The van der Waals surface area contributed by atoms with E-state index in [0.717, 1.165) is 65.8 Å². The Morgan fingerprint density at radius 2 is 2.20 bits per heavy atom. The van der Waals surface area contributed by atoms with Crippen LogP contribution in [0.5, 0.6) is 0 Å². The number of aryl methyl sites for hydroxylation is 1. The van der Waals surface area contributed by atoms with Crippen LogP contribution in [0.25, 0.3) is 16.6 Å². The zero-order valence-corrected chi connectivity index (χ0v) is 20.0. The van der Waals surface area contributed by atoms with Gasteiger partial charge in [-0.15, -0.1) is 5.10 Å². The van der Waals surface area contributed by atoms with Gasteiger partial charge in [-0.3, -0.25) is 10.1 Å². The number of carbonyl (C=O) groups excluding carboxylic acids is 1. The van der Waals surface area contributed by atoms with Crippen LogP contribution >= 0.6 is 11.9 Å². The Balaban J connectivity index is 1.18. The number of carbonyl (C=O) groups is 1. The first-order chi connectivity index (χ1) is 17.2. The largest absolute Gasteiger partial charge is 0.384 e. The molecule has 2 amide bonds. The van der Waals surface area contributed by atoms with Crippen LogP contribution in [0.1, 0.15) is 30.4 Å². The molecule has 10 heteroatoms. The van der Waals surface area contributed by atoms with Gasteiger partial charge in [0.2, 0.25) is 0 Å². The summed E-state index contributed by atoms with van der Waals surface area (Å²) in [4.78, 5) is 12.9. The number of rotatable bonds is 4. The number of benzene rings is 1. The topological polar surface area (TPSA) is 116 Å². The van der Waals surface area contributed by atoms with Gasteiger partial charge in [0.15, 0.2) is 0 Å². The van der Waals surface area contributed by atoms with E-state index in [1.165, 1.54) is 24.0 Å². The standard InChI is InChI=1S/C25H27N7O2S/c26-22(13-21-24(16-4-5-16)34-11-9-27-21)35-30-25(33)29-23-19-3-1-2-15(19)6-7-20(23)17-8-10-32-18(12-17)14-28-31-32/h6-8,10,12-14,16,24,26-27H,1-5,9,11H2,(H2,29,30,33)/b21-13-,26-22?. The maximum Gasteiger partial charge on any atom is 0.329 e. The van der Waals surface area contributed by atoms with Crippen LogP contribution in [-0.2, 0) is 17.6 Å². The van der Waals surface area contributed by atoms with Gasteiger partial charge in [0, 0.05) is 36.0 Å². The zero-order chi connectivity index (χ0) is 23.8. The maximum atomic E-state index is 12.9. The van der Waals surface area contributed by atoms with Crippen LogP contribution in [0.15, 0.2) is 48.4 Å². The number of aromatic nitrogens is 3. The fourth-order valence-corrected chi connectivity index (χ4v) is 5.39. The minimum atomic E-state index is -0.349. The number of anilines is 1. The van der Waals surface area contributed by atoms with Gasteiger partial charge >= 0.3 is 6.03 Å². The second-order valence-electron chi connectivity index (χ2n) is 9.18. The quantitative estimate of drug-likeness (QED) is 0.251. The highest BCUT2D eigenvalue weighted by atomic mass is 32.2. The lowest BCUT2D eigenvalue weighted by molar-refractivity contribution is 0.0401. The van der Waals surface area contributed by atoms with Crippen molar-refractivity contribution in [3.63, 3.8) is 0 Å². The Bertz CT molecular complexity index is 1330. The van der Waals surface area contributed by atoms with E-state index in [1.807, 2.05) is 18.3 Å². The lowest BCUT2D eigenvalue weighted by Gasteiger charge is -2.27. The molecule has 6 rings (SSSR count). The second kappa shape index (κ2) is 9.35. The van der Waals surface area contributed by atoms with Gasteiger partial charge in [0.05, 0.1) is 30.1 Å². The zero-order valence-electron chi connectivity index (χ0n) is 19.2. The van der Waals surface area contributed by atoms with Crippen LogP contribution < -0.4 is 15.4 Å². The molecule has 3 aliphatic rings. The Morgan fingerprint density at radius 1 is 1.29 bits per heavy atom. The van der Waals surface area contributed by atoms with Crippen molar-refractivity contribution in [2.75, 3.05) is 18.5 Å². The highest BCUT2D eigenvalue weighted by Crippen LogP contribution is 2.39. The normalized spacial score (nSPS) is 20.5. The number of amides is 2. The SMILES string of the molecule is N=C(/C=C1\NCCOC1C1CC1)SNC(=O)Nc1c(-c2ccn3nncc3c2)ccc2c1CCC2. The molecule has 2 aromatic heterocycles. The summed E-state index contributed by atoms with van der Waals surface area (Å²) in [5.41, 5.74) is 7.06. The van der Waals surface area contributed by atoms with Crippen molar-refractivity contribution in [3.8, 4) is 11.1 Å². The summed E-state index contributed by atoms with van der Waals surface area (Å²) in [6, 6.07) is 7.88. The average Bonchev–Trinajstić information content (AvgIpc) is 3.40. The second-order valence-corrected chi connectivity index (χ2v) is 10.0. The van der Waals surface area contributed by atoms with Gasteiger partial charge in [-0.25, -0.2) is 9.31 Å². The van der Waals surface area contributed by atoms with E-state index in [2.05, 4.69) is 37.8 Å². The van der Waals surface area contributed by atoms with Gasteiger partial charge < -0.3 is 15.4 Å². The summed E-state index contributed by atoms with van der Waals surface area (Å²) in [7, 11) is 0. The molecular formula is C25H27N7O2S. The molecule has 1 aromatic carbocycles. The Labute approximate surface area is 207 Å². The number of fused-ring (bicyclic) bond motifs is 2. The molecule has 0 spiro atoms. The van der Waals surface area contributed by atoms with Gasteiger partial charge in [0.1, 0.15) is 5.04 Å². The molecule has 1 unspecified atom stereocenters. The van der Waals surface area contributed by atoms with E-state index in [-0.39, 0.29) is 17.2 Å². The molecule has 4 N–H and O–H groups in total. The van der Waals surface area contributed by atoms with E-state index in [1.54, 1.807) is 16.8 Å². The van der Waals surface area contributed by atoms with Gasteiger partial charge in [-0.05, 0) is 72.9 Å². The predicted molar refractivity (Wildman–Crippen MR) is 136 cm³/mol. The third kappa shape index (κ3) is 4.63. The number of morpholine rings is 1. The first kappa shape index (κ1) is 22.1. The van der Waals surface area contributed by atoms with Crippen molar-refractivity contribution in [2.45, 2.75) is 38.2 Å². The highest BCUT2D eigenvalue weighted by molar-refractivity contribution is 8.13. The van der Waals surface area contributed by atoms with E-state index < -0.39 is 0 Å². The average molecular weight is 490 g/mol. The number of pyridine rings is 1. The monoisotopic (exact) mass is 489 g/mol. The van der Waals surface area contributed by atoms with Crippen molar-refractivity contribution in [2.24, 2.45) is 5.92 Å². The molecule has 3 heterocycles. The Morgan fingerprint density at radius 3 is 3.09 bits per heavy atom. The number of hydrogen-bond donors (Lipinski definition) is 4. The van der Waals surface area contributed by atoms with Gasteiger partial charge in [-0.2, -0.15) is 0 Å². The molecule has 3 aromatic rings. The number of nitrogens with one attached hydrogen (secondary N) is 4. The first-order valence-electron chi connectivity index (χ1n) is 12.0. The van der Waals surface area contributed by atoms with E-state index in [0.29, 0.717) is 12.5 Å². The molecule has 1 aliphatic heterocycles. The number of hydrogen-bond acceptors (Lipinski definition) is 7. The summed E-state index contributed by atoms with van der Waals surface area (Å²) < 4.78 is 10.4. The first-order valence-corrected chi connectivity index (χ1v) is 12.8. The summed E-state index contributed by atoms with van der Waals surface area (Å²) >= 11 is 0.999. The molecule has 1 atom stereocenters. The number of ether oxygens (including phenoxy) is 1. The van der Waals surface area contributed by atoms with Gasteiger partial charge in [0.25, 0.3) is 0 Å². The van der Waals surface area contributed by atoms with E-state index in [4.69, 9.17) is 10.1 Å². The minimum absolute atomic E-state index is 0.0383. The molecule has 1 saturated heterocycles. The summed E-state index contributed by atoms with van der Waals surface area (Å²) in [5.74, 6) is 0.541. The lowest BCUT2D eigenvalue weighted by Crippen LogP contribution is -2.38. The van der Waals surface area contributed by atoms with Crippen molar-refractivity contribution < 1.29 is 9.53 Å². The summed E-state index contributed by atoms with van der Waals surface area (Å²) in [5, 5.41) is 23.0. The molecule has 2 fully saturated rings. The number of urea groups is 1. The molecule has 9 nitrogen and oxygen atoms in total. The minimum Gasteiger partial charge on any atom is -0.384 e. The van der Waals surface area contributed by atoms with Crippen molar-refractivity contribution >= 4 is 34.2 Å². The summed E-state index contributed by atoms with van der Waals surface area (Å²) in [6.45, 7) is 1.43. The Hall–Kier alpha value is -3.37. The smallest absolute Gasteiger partial charge is 0.329 e. The fourth-order valence-electron chi connectivity index (χ4n) is 4.95. The van der Waals surface area contributed by atoms with E-state index >= 15 is 0 Å². The fraction of sp³-hybridized carbons (Fsp3) is 0.360. The molecule has 2 aliphatic carbocycles. The molecule has 0 radical (unpaired) electrons.